The summed E-state index contributed by atoms with van der Waals surface area (Å²) in [4.78, 5) is 26.5. The summed E-state index contributed by atoms with van der Waals surface area (Å²) in [5.74, 6) is 0.963. The van der Waals surface area contributed by atoms with Crippen molar-refractivity contribution in [3.63, 3.8) is 0 Å². The van der Waals surface area contributed by atoms with E-state index in [-0.39, 0.29) is 40.5 Å². The van der Waals surface area contributed by atoms with Crippen molar-refractivity contribution in [2.45, 2.75) is 75.4 Å². The third-order valence-corrected chi connectivity index (χ3v) is 10.6. The van der Waals surface area contributed by atoms with Crippen molar-refractivity contribution < 1.29 is 19.8 Å². The first-order chi connectivity index (χ1) is 15.2. The van der Waals surface area contributed by atoms with Crippen molar-refractivity contribution >= 4 is 23.3 Å². The van der Waals surface area contributed by atoms with Crippen molar-refractivity contribution in [3.8, 4) is 0 Å². The van der Waals surface area contributed by atoms with E-state index in [2.05, 4.69) is 6.92 Å². The quantitative estimate of drug-likeness (QED) is 0.652. The van der Waals surface area contributed by atoms with Crippen molar-refractivity contribution in [1.82, 2.24) is 0 Å². The number of carbonyl (C=O) groups excluding carboxylic acids is 2. The highest BCUT2D eigenvalue weighted by molar-refractivity contribution is 8.00. The second kappa shape index (κ2) is 7.82. The van der Waals surface area contributed by atoms with Gasteiger partial charge in [-0.1, -0.05) is 37.6 Å². The summed E-state index contributed by atoms with van der Waals surface area (Å²) in [5.41, 5.74) is -0.929. The van der Waals surface area contributed by atoms with E-state index in [0.29, 0.717) is 19.3 Å². The highest BCUT2D eigenvalue weighted by Crippen LogP contribution is 2.67. The van der Waals surface area contributed by atoms with E-state index >= 15 is 0 Å². The van der Waals surface area contributed by atoms with Gasteiger partial charge in [-0.05, 0) is 79.9 Å². The molecule has 172 valence electrons. The first kappa shape index (κ1) is 22.4. The van der Waals surface area contributed by atoms with Crippen LogP contribution >= 0.6 is 11.8 Å². The zero-order valence-corrected chi connectivity index (χ0v) is 19.9. The van der Waals surface area contributed by atoms with Gasteiger partial charge in [0.2, 0.25) is 0 Å². The zero-order valence-electron chi connectivity index (χ0n) is 19.0. The third-order valence-electron chi connectivity index (χ3n) is 9.62. The molecule has 0 bridgehead atoms. The van der Waals surface area contributed by atoms with E-state index in [4.69, 9.17) is 0 Å². The highest BCUT2D eigenvalue weighted by Gasteiger charge is 2.68. The number of aliphatic hydroxyl groups is 2. The lowest BCUT2D eigenvalue weighted by molar-refractivity contribution is -0.178. The Hall–Kier alpha value is -1.43. The molecule has 1 aromatic carbocycles. The predicted molar refractivity (Wildman–Crippen MR) is 125 cm³/mol. The Morgan fingerprint density at radius 2 is 1.88 bits per heavy atom. The van der Waals surface area contributed by atoms with Crippen LogP contribution in [0.25, 0.3) is 0 Å². The van der Waals surface area contributed by atoms with Gasteiger partial charge in [-0.2, -0.15) is 0 Å². The number of aliphatic hydroxyl groups excluding tert-OH is 1. The van der Waals surface area contributed by atoms with Crippen LogP contribution in [-0.2, 0) is 9.59 Å². The Bertz CT molecular complexity index is 958. The van der Waals surface area contributed by atoms with Crippen LogP contribution in [-0.4, -0.2) is 39.2 Å². The molecule has 5 heteroatoms. The minimum absolute atomic E-state index is 0.102. The van der Waals surface area contributed by atoms with Crippen molar-refractivity contribution in [2.75, 3.05) is 5.75 Å². The number of Topliss-reactive ketones (excluding diaryl/α,β-unsaturated/α-hetero) is 1. The van der Waals surface area contributed by atoms with E-state index < -0.39 is 17.1 Å². The van der Waals surface area contributed by atoms with Crippen molar-refractivity contribution in [2.24, 2.45) is 28.6 Å². The fourth-order valence-corrected chi connectivity index (χ4v) is 8.82. The molecule has 32 heavy (non-hydrogen) atoms. The SMILES string of the molecule is CC12CCC(=O)C=C1CCC1C2C(O)CC2(C)C1CC[C@]2(O)C(=O)CSc1ccccc1. The summed E-state index contributed by atoms with van der Waals surface area (Å²) in [7, 11) is 0. The molecule has 0 aliphatic heterocycles. The van der Waals surface area contributed by atoms with Gasteiger partial charge < -0.3 is 10.2 Å². The molecule has 7 atom stereocenters. The number of allylic oxidation sites excluding steroid dienone is 1. The summed E-state index contributed by atoms with van der Waals surface area (Å²) in [6.45, 7) is 4.28. The Kier molecular flexibility index (Phi) is 5.46. The second-order valence-corrected chi connectivity index (χ2v) is 12.0. The maximum absolute atomic E-state index is 13.4. The molecule has 2 N–H and O–H groups in total. The van der Waals surface area contributed by atoms with E-state index in [0.717, 1.165) is 30.6 Å². The Morgan fingerprint density at radius 3 is 2.62 bits per heavy atom. The number of fused-ring (bicyclic) bond motifs is 5. The van der Waals surface area contributed by atoms with Crippen molar-refractivity contribution in [1.29, 1.82) is 0 Å². The van der Waals surface area contributed by atoms with Crippen LogP contribution < -0.4 is 0 Å². The summed E-state index contributed by atoms with van der Waals surface area (Å²) in [5, 5.41) is 23.3. The second-order valence-electron chi connectivity index (χ2n) is 11.0. The largest absolute Gasteiger partial charge is 0.393 e. The van der Waals surface area contributed by atoms with Gasteiger partial charge in [0.25, 0.3) is 0 Å². The lowest BCUT2D eigenvalue weighted by atomic mass is 9.45. The van der Waals surface area contributed by atoms with Gasteiger partial charge in [0, 0.05) is 16.7 Å². The molecule has 0 radical (unpaired) electrons. The highest BCUT2D eigenvalue weighted by atomic mass is 32.2. The Balaban J connectivity index is 1.40. The van der Waals surface area contributed by atoms with Crippen LogP contribution in [0, 0.1) is 28.6 Å². The molecule has 0 spiro atoms. The molecule has 0 aromatic heterocycles. The summed E-state index contributed by atoms with van der Waals surface area (Å²) >= 11 is 1.48. The number of hydrogen-bond donors (Lipinski definition) is 2. The molecule has 3 fully saturated rings. The molecular weight excluding hydrogens is 420 g/mol. The minimum atomic E-state index is -1.38. The Labute approximate surface area is 194 Å². The van der Waals surface area contributed by atoms with Crippen LogP contribution in [0.3, 0.4) is 0 Å². The maximum atomic E-state index is 13.4. The number of ketones is 2. The van der Waals surface area contributed by atoms with E-state index in [1.54, 1.807) is 0 Å². The van der Waals surface area contributed by atoms with Crippen molar-refractivity contribution in [3.05, 3.63) is 42.0 Å². The molecule has 0 heterocycles. The van der Waals surface area contributed by atoms with E-state index in [1.165, 1.54) is 17.3 Å². The maximum Gasteiger partial charge on any atom is 0.175 e. The number of rotatable bonds is 4. The molecule has 0 saturated heterocycles. The normalized spacial score (nSPS) is 43.1. The van der Waals surface area contributed by atoms with Gasteiger partial charge in [-0.15, -0.1) is 11.8 Å². The van der Waals surface area contributed by atoms with Gasteiger partial charge in [0.15, 0.2) is 11.6 Å². The van der Waals surface area contributed by atoms with Crippen LogP contribution in [0.4, 0.5) is 0 Å². The fourth-order valence-electron chi connectivity index (χ4n) is 7.94. The minimum Gasteiger partial charge on any atom is -0.393 e. The monoisotopic (exact) mass is 454 g/mol. The van der Waals surface area contributed by atoms with Crippen LogP contribution in [0.1, 0.15) is 58.8 Å². The van der Waals surface area contributed by atoms with Gasteiger partial charge in [-0.3, -0.25) is 9.59 Å². The van der Waals surface area contributed by atoms with E-state index in [9.17, 15) is 19.8 Å². The van der Waals surface area contributed by atoms with Gasteiger partial charge in [-0.25, -0.2) is 0 Å². The van der Waals surface area contributed by atoms with E-state index in [1.807, 2.05) is 43.3 Å². The van der Waals surface area contributed by atoms with Crippen LogP contribution in [0.5, 0.6) is 0 Å². The smallest absolute Gasteiger partial charge is 0.175 e. The predicted octanol–water partition coefficient (Wildman–Crippen LogP) is 4.58. The molecule has 4 aliphatic carbocycles. The lowest BCUT2D eigenvalue weighted by Gasteiger charge is -2.60. The molecule has 4 nitrogen and oxygen atoms in total. The summed E-state index contributed by atoms with van der Waals surface area (Å²) in [6.07, 6.45) is 6.21. The third kappa shape index (κ3) is 3.19. The molecule has 0 amide bonds. The summed E-state index contributed by atoms with van der Waals surface area (Å²) in [6, 6.07) is 9.83. The van der Waals surface area contributed by atoms with Gasteiger partial charge in [0.1, 0.15) is 5.60 Å². The molecular formula is C27H34O4S. The lowest BCUT2D eigenvalue weighted by Crippen LogP contribution is -2.61. The van der Waals surface area contributed by atoms with Gasteiger partial charge >= 0.3 is 0 Å². The molecule has 6 unspecified atom stereocenters. The topological polar surface area (TPSA) is 74.6 Å². The average Bonchev–Trinajstić information content (AvgIpc) is 3.04. The first-order valence-corrected chi connectivity index (χ1v) is 13.0. The van der Waals surface area contributed by atoms with Gasteiger partial charge in [0.05, 0.1) is 11.9 Å². The number of carbonyl (C=O) groups is 2. The summed E-state index contributed by atoms with van der Waals surface area (Å²) < 4.78 is 0. The molecule has 5 rings (SSSR count). The van der Waals surface area contributed by atoms with Crippen LogP contribution in [0.2, 0.25) is 0 Å². The number of hydrogen-bond acceptors (Lipinski definition) is 5. The number of benzene rings is 1. The molecule has 3 saturated carbocycles. The standard InChI is InChI=1S/C27H34O4S/c1-25-12-10-18(28)14-17(25)8-9-20-21-11-13-27(31,26(21,2)15-22(29)24(20)25)23(30)16-32-19-6-4-3-5-7-19/h3-7,14,20-22,24,29,31H,8-13,15-16H2,1-2H3/t20?,21?,22?,24?,25?,26?,27-/m0/s1. The Morgan fingerprint density at radius 1 is 1.12 bits per heavy atom. The zero-order chi connectivity index (χ0) is 22.7. The first-order valence-electron chi connectivity index (χ1n) is 12.0. The fraction of sp³-hybridized carbons (Fsp3) is 0.630. The van der Waals surface area contributed by atoms with Crippen LogP contribution in [0.15, 0.2) is 46.9 Å². The molecule has 1 aromatic rings. The average molecular weight is 455 g/mol. The number of thioether (sulfide) groups is 1. The molecule has 4 aliphatic rings.